The molecule has 0 saturated carbocycles. The van der Waals surface area contributed by atoms with Crippen LogP contribution in [0, 0.1) is 11.8 Å². The molecule has 0 fully saturated rings. The number of carboxylic acids is 1. The van der Waals surface area contributed by atoms with Gasteiger partial charge in [0.1, 0.15) is 0 Å². The molecule has 0 bridgehead atoms. The van der Waals surface area contributed by atoms with Gasteiger partial charge in [0.05, 0.1) is 5.97 Å². The molecule has 0 saturated heterocycles. The summed E-state index contributed by atoms with van der Waals surface area (Å²) >= 11 is 0. The number of allylic oxidation sites excluding steroid dienone is 4. The van der Waals surface area contributed by atoms with Crippen LogP contribution in [-0.2, 0) is 4.79 Å². The van der Waals surface area contributed by atoms with Crippen molar-refractivity contribution in [2.24, 2.45) is 11.8 Å². The first-order chi connectivity index (χ1) is 14.1. The van der Waals surface area contributed by atoms with E-state index in [2.05, 4.69) is 56.9 Å². The van der Waals surface area contributed by atoms with Gasteiger partial charge in [0.25, 0.3) is 0 Å². The van der Waals surface area contributed by atoms with Gasteiger partial charge in [-0.3, -0.25) is 4.90 Å². The van der Waals surface area contributed by atoms with Crippen LogP contribution in [0.5, 0.6) is 0 Å². The van der Waals surface area contributed by atoms with Crippen molar-refractivity contribution >= 4 is 5.97 Å². The van der Waals surface area contributed by atoms with Crippen molar-refractivity contribution in [2.75, 3.05) is 19.6 Å². The third-order valence-electron chi connectivity index (χ3n) is 5.81. The van der Waals surface area contributed by atoms with Crippen molar-refractivity contribution in [3.63, 3.8) is 0 Å². The molecule has 2 atom stereocenters. The van der Waals surface area contributed by atoms with Gasteiger partial charge >= 0.3 is 18.9 Å². The second-order valence-electron chi connectivity index (χ2n) is 8.50. The predicted molar refractivity (Wildman–Crippen MR) is 125 cm³/mol. The topological polar surface area (TPSA) is 43.4 Å². The van der Waals surface area contributed by atoms with Gasteiger partial charge in [-0.25, -0.2) is 0 Å². The zero-order chi connectivity index (χ0) is 21.7. The summed E-state index contributed by atoms with van der Waals surface area (Å²) in [4.78, 5) is 13.4. The molecule has 30 heavy (non-hydrogen) atoms. The number of nitrogens with zero attached hydrogens (tertiary/aromatic N) is 1. The normalized spacial score (nSPS) is 13.8. The quantitative estimate of drug-likeness (QED) is 0.175. The Kier molecular flexibility index (Phi) is 24.5. The monoisotopic (exact) mass is 413 g/mol. The maximum atomic E-state index is 11.3. The molecular weight excluding hydrogens is 365 g/mol. The number of unbranched alkanes of at least 4 members (excludes halogenated alkanes) is 4. The van der Waals surface area contributed by atoms with Crippen LogP contribution >= 0.6 is 0 Å². The maximum absolute atomic E-state index is 11.3. The van der Waals surface area contributed by atoms with Crippen molar-refractivity contribution in [2.45, 2.75) is 105 Å². The first kappa shape index (κ1) is 31.7. The molecule has 0 amide bonds. The summed E-state index contributed by atoms with van der Waals surface area (Å²) in [5.41, 5.74) is 0. The second kappa shape index (κ2) is 23.2. The number of carbonyl (C=O) groups excluding carboxylic acids is 1. The van der Waals surface area contributed by atoms with E-state index in [1.165, 1.54) is 38.5 Å². The Balaban J connectivity index is 0. The molecule has 170 valence electrons. The molecule has 3 nitrogen and oxygen atoms in total. The van der Waals surface area contributed by atoms with E-state index in [9.17, 15) is 9.90 Å². The number of hydrogen-bond acceptors (Lipinski definition) is 3. The number of rotatable bonds is 20. The van der Waals surface area contributed by atoms with Crippen LogP contribution < -0.4 is 24.0 Å². The van der Waals surface area contributed by atoms with Crippen molar-refractivity contribution < 1.29 is 28.8 Å². The molecule has 0 N–H and O–H groups in total. The molecule has 0 spiro atoms. The fourth-order valence-corrected chi connectivity index (χ4v) is 3.74. The van der Waals surface area contributed by atoms with Gasteiger partial charge < -0.3 is 9.90 Å². The van der Waals surface area contributed by atoms with Gasteiger partial charge in [-0.05, 0) is 50.4 Å². The summed E-state index contributed by atoms with van der Waals surface area (Å²) in [6, 6.07) is 0. The molecule has 0 rings (SSSR count). The summed E-state index contributed by atoms with van der Waals surface area (Å²) in [6.45, 7) is 10.7. The van der Waals surface area contributed by atoms with Crippen molar-refractivity contribution in [1.82, 2.24) is 4.90 Å². The number of carboxylic acid groups (broad SMARTS) is 1. The smallest absolute Gasteiger partial charge is 0.549 e. The van der Waals surface area contributed by atoms with Gasteiger partial charge in [0, 0.05) is 19.6 Å². The summed E-state index contributed by atoms with van der Waals surface area (Å²) in [5.74, 6) is 0.155. The van der Waals surface area contributed by atoms with Crippen LogP contribution in [0.15, 0.2) is 24.3 Å². The molecule has 0 heterocycles. The SMILES string of the molecule is CCCC/C=C/CCC(CC)CN(CC(=O)[O-])CC(CC)CC/C=C/CCCC.[Li+]. The first-order valence-corrected chi connectivity index (χ1v) is 12.3. The van der Waals surface area contributed by atoms with E-state index in [0.717, 1.165) is 51.6 Å². The fourth-order valence-electron chi connectivity index (χ4n) is 3.74. The van der Waals surface area contributed by atoms with E-state index < -0.39 is 5.97 Å². The van der Waals surface area contributed by atoms with E-state index in [1.807, 2.05) is 0 Å². The van der Waals surface area contributed by atoms with Gasteiger partial charge in [0.2, 0.25) is 0 Å². The van der Waals surface area contributed by atoms with Crippen LogP contribution in [0.4, 0.5) is 0 Å². The van der Waals surface area contributed by atoms with E-state index >= 15 is 0 Å². The first-order valence-electron chi connectivity index (χ1n) is 12.3. The average Bonchev–Trinajstić information content (AvgIpc) is 2.70. The average molecular weight is 414 g/mol. The number of carbonyl (C=O) groups is 1. The fraction of sp³-hybridized carbons (Fsp3) is 0.808. The third-order valence-corrected chi connectivity index (χ3v) is 5.81. The van der Waals surface area contributed by atoms with Gasteiger partial charge in [-0.15, -0.1) is 0 Å². The number of hydrogen-bond donors (Lipinski definition) is 0. The van der Waals surface area contributed by atoms with E-state index in [-0.39, 0.29) is 25.4 Å². The minimum absolute atomic E-state index is 0. The molecule has 4 heteroatoms. The van der Waals surface area contributed by atoms with Crippen LogP contribution in [0.1, 0.15) is 105 Å². The third kappa shape index (κ3) is 19.5. The predicted octanol–water partition coefficient (Wildman–Crippen LogP) is 3.15. The molecule has 0 aromatic rings. The Morgan fingerprint density at radius 1 is 0.767 bits per heavy atom. The zero-order valence-corrected chi connectivity index (χ0v) is 20.8. The van der Waals surface area contributed by atoms with Crippen LogP contribution in [0.25, 0.3) is 0 Å². The minimum Gasteiger partial charge on any atom is -0.549 e. The minimum atomic E-state index is -0.950. The standard InChI is InChI=1S/C26H49NO2.Li/c1-5-9-11-13-15-17-19-24(7-3)21-27(23-26(28)29)22-25(8-4)20-18-16-14-12-10-6-2;/h13-16,24-25H,5-12,17-23H2,1-4H3,(H,28,29);/q;+1/p-1/b15-13+,16-14+;. The summed E-state index contributed by atoms with van der Waals surface area (Å²) in [5, 5.41) is 11.3. The van der Waals surface area contributed by atoms with Crippen molar-refractivity contribution in [1.29, 1.82) is 0 Å². The van der Waals surface area contributed by atoms with E-state index in [4.69, 9.17) is 0 Å². The van der Waals surface area contributed by atoms with Crippen LogP contribution in [-0.4, -0.2) is 30.5 Å². The molecule has 0 radical (unpaired) electrons. The number of aliphatic carboxylic acids is 1. The summed E-state index contributed by atoms with van der Waals surface area (Å²) in [6.07, 6.45) is 23.3. The van der Waals surface area contributed by atoms with Crippen LogP contribution in [0.3, 0.4) is 0 Å². The van der Waals surface area contributed by atoms with Crippen LogP contribution in [0.2, 0.25) is 0 Å². The van der Waals surface area contributed by atoms with Crippen molar-refractivity contribution in [3.05, 3.63) is 24.3 Å². The van der Waals surface area contributed by atoms with E-state index in [1.54, 1.807) is 0 Å². The van der Waals surface area contributed by atoms with Gasteiger partial charge in [-0.1, -0.05) is 90.5 Å². The Morgan fingerprint density at radius 2 is 1.17 bits per heavy atom. The molecule has 0 aromatic carbocycles. The Morgan fingerprint density at radius 3 is 1.50 bits per heavy atom. The molecule has 0 aliphatic rings. The summed E-state index contributed by atoms with van der Waals surface area (Å²) < 4.78 is 0. The largest absolute Gasteiger partial charge is 1.00 e. The molecule has 2 unspecified atom stereocenters. The molecule has 0 aromatic heterocycles. The van der Waals surface area contributed by atoms with Gasteiger partial charge in [0.15, 0.2) is 0 Å². The summed E-state index contributed by atoms with van der Waals surface area (Å²) in [7, 11) is 0. The second-order valence-corrected chi connectivity index (χ2v) is 8.50. The Labute approximate surface area is 199 Å². The molecule has 0 aliphatic carbocycles. The van der Waals surface area contributed by atoms with Crippen molar-refractivity contribution in [3.8, 4) is 0 Å². The molecular formula is C26H48LiNO2. The molecule has 0 aliphatic heterocycles. The van der Waals surface area contributed by atoms with E-state index in [0.29, 0.717) is 11.8 Å². The Bertz CT molecular complexity index is 405. The zero-order valence-electron chi connectivity index (χ0n) is 20.8. The van der Waals surface area contributed by atoms with Gasteiger partial charge in [-0.2, -0.15) is 0 Å². The maximum Gasteiger partial charge on any atom is 1.00 e. The Hall–Kier alpha value is -0.493.